The number of aliphatic hydroxyl groups is 1. The molecule has 0 saturated carbocycles. The van der Waals surface area contributed by atoms with Crippen LogP contribution in [-0.4, -0.2) is 21.2 Å². The average molecular weight is 244 g/mol. The second-order valence-electron chi connectivity index (χ2n) is 4.00. The number of aromatic nitrogens is 2. The molecule has 0 amide bonds. The van der Waals surface area contributed by atoms with Gasteiger partial charge in [-0.05, 0) is 12.0 Å². The molecule has 2 rings (SSSR count). The molecule has 5 heteroatoms. The van der Waals surface area contributed by atoms with Gasteiger partial charge in [-0.1, -0.05) is 37.3 Å². The maximum Gasteiger partial charge on any atom is 0.222 e. The molecule has 1 aliphatic carbocycles. The van der Waals surface area contributed by atoms with Crippen molar-refractivity contribution in [2.45, 2.75) is 19.4 Å². The molecule has 0 bridgehead atoms. The summed E-state index contributed by atoms with van der Waals surface area (Å²) in [6, 6.07) is 0. The number of hydrogen-bond acceptors (Lipinski definition) is 5. The first-order valence-corrected chi connectivity index (χ1v) is 5.78. The van der Waals surface area contributed by atoms with Gasteiger partial charge in [-0.25, -0.2) is 4.98 Å². The molecule has 1 aliphatic rings. The van der Waals surface area contributed by atoms with Gasteiger partial charge in [0, 0.05) is 5.56 Å². The van der Waals surface area contributed by atoms with Crippen LogP contribution < -0.4 is 11.5 Å². The first-order chi connectivity index (χ1) is 8.61. The number of hydrogen-bond donors (Lipinski definition) is 3. The Morgan fingerprint density at radius 3 is 2.78 bits per heavy atom. The Labute approximate surface area is 106 Å². The van der Waals surface area contributed by atoms with Crippen molar-refractivity contribution >= 4 is 17.3 Å². The summed E-state index contributed by atoms with van der Waals surface area (Å²) in [6.07, 6.45) is 8.97. The van der Waals surface area contributed by atoms with Crippen molar-refractivity contribution in [3.05, 3.63) is 41.6 Å². The standard InChI is InChI=1S/C13H16N4O/c1-2-10-11(12(14)17-13(15)16-10)8-4-3-5-9(18)7-6-8/h3-7,9,18H,2H2,1H3,(H4,14,15,16,17). The molecular formula is C13H16N4O. The number of anilines is 2. The Hall–Kier alpha value is -2.14. The lowest BCUT2D eigenvalue weighted by Crippen LogP contribution is -2.08. The molecule has 0 aromatic carbocycles. The fraction of sp³-hybridized carbons (Fsp3) is 0.231. The van der Waals surface area contributed by atoms with Crippen molar-refractivity contribution < 1.29 is 5.11 Å². The lowest BCUT2D eigenvalue weighted by Gasteiger charge is -2.11. The molecule has 0 fully saturated rings. The molecular weight excluding hydrogens is 228 g/mol. The zero-order chi connectivity index (χ0) is 13.1. The van der Waals surface area contributed by atoms with Crippen LogP contribution >= 0.6 is 0 Å². The van der Waals surface area contributed by atoms with Crippen LogP contribution in [0.1, 0.15) is 18.2 Å². The Morgan fingerprint density at radius 2 is 2.06 bits per heavy atom. The topological polar surface area (TPSA) is 98.0 Å². The highest BCUT2D eigenvalue weighted by Crippen LogP contribution is 2.26. The van der Waals surface area contributed by atoms with Crippen molar-refractivity contribution in [2.75, 3.05) is 11.5 Å². The smallest absolute Gasteiger partial charge is 0.222 e. The quantitative estimate of drug-likeness (QED) is 0.723. The molecule has 0 spiro atoms. The zero-order valence-corrected chi connectivity index (χ0v) is 10.2. The van der Waals surface area contributed by atoms with Crippen molar-refractivity contribution in [3.8, 4) is 0 Å². The van der Waals surface area contributed by atoms with E-state index in [0.717, 1.165) is 16.8 Å². The summed E-state index contributed by atoms with van der Waals surface area (Å²) >= 11 is 0. The van der Waals surface area contributed by atoms with Crippen LogP contribution in [0.3, 0.4) is 0 Å². The number of rotatable bonds is 2. The van der Waals surface area contributed by atoms with Gasteiger partial charge in [0.15, 0.2) is 0 Å². The Bertz CT molecular complexity index is 546. The SMILES string of the molecule is CCc1nc(N)nc(N)c1C1=CC=CC(O)C=C1. The predicted octanol–water partition coefficient (Wildman–Crippen LogP) is 1.07. The predicted molar refractivity (Wildman–Crippen MR) is 72.5 cm³/mol. The van der Waals surface area contributed by atoms with E-state index in [1.54, 1.807) is 18.2 Å². The highest BCUT2D eigenvalue weighted by atomic mass is 16.3. The number of aliphatic hydroxyl groups excluding tert-OH is 1. The Morgan fingerprint density at radius 1 is 1.28 bits per heavy atom. The summed E-state index contributed by atoms with van der Waals surface area (Å²) in [5.74, 6) is 0.543. The van der Waals surface area contributed by atoms with Crippen molar-refractivity contribution in [2.24, 2.45) is 0 Å². The van der Waals surface area contributed by atoms with Crippen LogP contribution in [0, 0.1) is 0 Å². The number of allylic oxidation sites excluding steroid dienone is 4. The molecule has 1 atom stereocenters. The highest BCUT2D eigenvalue weighted by molar-refractivity contribution is 5.82. The lowest BCUT2D eigenvalue weighted by atomic mass is 10.0. The fourth-order valence-electron chi connectivity index (χ4n) is 1.88. The molecule has 94 valence electrons. The third kappa shape index (κ3) is 2.41. The largest absolute Gasteiger partial charge is 0.385 e. The third-order valence-electron chi connectivity index (χ3n) is 2.71. The van der Waals surface area contributed by atoms with Crippen molar-refractivity contribution in [3.63, 3.8) is 0 Å². The number of nitrogen functional groups attached to an aromatic ring is 2. The van der Waals surface area contributed by atoms with E-state index in [9.17, 15) is 5.11 Å². The Balaban J connectivity index is 2.54. The molecule has 18 heavy (non-hydrogen) atoms. The van der Waals surface area contributed by atoms with Gasteiger partial charge in [0.1, 0.15) is 5.82 Å². The normalized spacial score (nSPS) is 18.6. The second kappa shape index (κ2) is 5.01. The van der Waals surface area contributed by atoms with E-state index in [0.29, 0.717) is 12.2 Å². The molecule has 0 aliphatic heterocycles. The molecule has 5 N–H and O–H groups in total. The summed E-state index contributed by atoms with van der Waals surface area (Å²) < 4.78 is 0. The van der Waals surface area contributed by atoms with Gasteiger partial charge in [0.2, 0.25) is 5.95 Å². The minimum absolute atomic E-state index is 0.182. The number of nitrogens with zero attached hydrogens (tertiary/aromatic N) is 2. The van der Waals surface area contributed by atoms with E-state index in [-0.39, 0.29) is 5.95 Å². The molecule has 1 aromatic rings. The van der Waals surface area contributed by atoms with Crippen LogP contribution in [-0.2, 0) is 6.42 Å². The van der Waals surface area contributed by atoms with Crippen molar-refractivity contribution in [1.29, 1.82) is 0 Å². The van der Waals surface area contributed by atoms with E-state index in [2.05, 4.69) is 9.97 Å². The van der Waals surface area contributed by atoms with E-state index in [1.807, 2.05) is 19.1 Å². The van der Waals surface area contributed by atoms with E-state index in [4.69, 9.17) is 11.5 Å². The molecule has 0 radical (unpaired) electrons. The average Bonchev–Trinajstić information content (AvgIpc) is 2.53. The lowest BCUT2D eigenvalue weighted by molar-refractivity contribution is 0.272. The first kappa shape index (κ1) is 12.3. The van der Waals surface area contributed by atoms with Gasteiger partial charge < -0.3 is 16.6 Å². The van der Waals surface area contributed by atoms with E-state index < -0.39 is 6.10 Å². The maximum absolute atomic E-state index is 9.50. The van der Waals surface area contributed by atoms with Crippen LogP contribution in [0.2, 0.25) is 0 Å². The number of nitrogens with two attached hydrogens (primary N) is 2. The minimum Gasteiger partial charge on any atom is -0.385 e. The highest BCUT2D eigenvalue weighted by Gasteiger charge is 2.13. The monoisotopic (exact) mass is 244 g/mol. The van der Waals surface area contributed by atoms with Crippen molar-refractivity contribution in [1.82, 2.24) is 9.97 Å². The van der Waals surface area contributed by atoms with Crippen LogP contribution in [0.4, 0.5) is 11.8 Å². The fourth-order valence-corrected chi connectivity index (χ4v) is 1.88. The summed E-state index contributed by atoms with van der Waals surface area (Å²) in [5.41, 5.74) is 14.0. The van der Waals surface area contributed by atoms with E-state index in [1.165, 1.54) is 0 Å². The summed E-state index contributed by atoms with van der Waals surface area (Å²) in [5, 5.41) is 9.50. The van der Waals surface area contributed by atoms with Gasteiger partial charge in [-0.15, -0.1) is 0 Å². The molecule has 0 saturated heterocycles. The molecule has 5 nitrogen and oxygen atoms in total. The van der Waals surface area contributed by atoms with Gasteiger partial charge in [-0.2, -0.15) is 4.98 Å². The maximum atomic E-state index is 9.50. The van der Waals surface area contributed by atoms with Crippen LogP contribution in [0.15, 0.2) is 30.4 Å². The molecule has 1 heterocycles. The summed E-state index contributed by atoms with van der Waals surface area (Å²) in [6.45, 7) is 1.98. The molecule has 1 unspecified atom stereocenters. The van der Waals surface area contributed by atoms with Gasteiger partial charge in [0.25, 0.3) is 0 Å². The number of aryl methyl sites for hydroxylation is 1. The Kier molecular flexibility index (Phi) is 3.43. The molecule has 1 aromatic heterocycles. The summed E-state index contributed by atoms with van der Waals surface area (Å²) in [7, 11) is 0. The first-order valence-electron chi connectivity index (χ1n) is 5.78. The minimum atomic E-state index is -0.584. The summed E-state index contributed by atoms with van der Waals surface area (Å²) in [4.78, 5) is 8.19. The van der Waals surface area contributed by atoms with Gasteiger partial charge >= 0.3 is 0 Å². The van der Waals surface area contributed by atoms with E-state index >= 15 is 0 Å². The van der Waals surface area contributed by atoms with Gasteiger partial charge in [0.05, 0.1) is 11.8 Å². The van der Waals surface area contributed by atoms with Gasteiger partial charge in [-0.3, -0.25) is 0 Å². The second-order valence-corrected chi connectivity index (χ2v) is 4.00. The zero-order valence-electron chi connectivity index (χ0n) is 10.2. The van der Waals surface area contributed by atoms with Crippen LogP contribution in [0.25, 0.3) is 5.57 Å². The van der Waals surface area contributed by atoms with Crippen LogP contribution in [0.5, 0.6) is 0 Å². The third-order valence-corrected chi connectivity index (χ3v) is 2.71.